The standard InChI is InChI=1S/C19H23NO3/c1-3-17(14-9-11-16(23-2)12-10-14)19(22)20-18(13-21)15-7-5-4-6-8-15/h4-12,17-18,21H,3,13H2,1-2H3,(H,20,22)/t17?,18-/m1/s1. The van der Waals surface area contributed by atoms with E-state index >= 15 is 0 Å². The van der Waals surface area contributed by atoms with Crippen molar-refractivity contribution in [2.24, 2.45) is 0 Å². The minimum absolute atomic E-state index is 0.0828. The van der Waals surface area contributed by atoms with Gasteiger partial charge in [0.2, 0.25) is 5.91 Å². The third kappa shape index (κ3) is 4.33. The Labute approximate surface area is 137 Å². The third-order valence-corrected chi connectivity index (χ3v) is 3.94. The van der Waals surface area contributed by atoms with E-state index in [0.29, 0.717) is 6.42 Å². The van der Waals surface area contributed by atoms with Gasteiger partial charge in [0.1, 0.15) is 5.75 Å². The number of methoxy groups -OCH3 is 1. The van der Waals surface area contributed by atoms with Crippen LogP contribution in [0, 0.1) is 0 Å². The van der Waals surface area contributed by atoms with Gasteiger partial charge >= 0.3 is 0 Å². The topological polar surface area (TPSA) is 58.6 Å². The molecule has 0 spiro atoms. The molecule has 122 valence electrons. The third-order valence-electron chi connectivity index (χ3n) is 3.94. The molecule has 0 saturated heterocycles. The quantitative estimate of drug-likeness (QED) is 0.826. The Morgan fingerprint density at radius 3 is 2.26 bits per heavy atom. The lowest BCUT2D eigenvalue weighted by Gasteiger charge is -2.21. The number of rotatable bonds is 7. The highest BCUT2D eigenvalue weighted by atomic mass is 16.5. The number of hydrogen-bond acceptors (Lipinski definition) is 3. The predicted molar refractivity (Wildman–Crippen MR) is 90.4 cm³/mol. The van der Waals surface area contributed by atoms with Crippen LogP contribution in [-0.4, -0.2) is 24.7 Å². The summed E-state index contributed by atoms with van der Waals surface area (Å²) in [5, 5.41) is 12.5. The molecule has 4 nitrogen and oxygen atoms in total. The van der Waals surface area contributed by atoms with Crippen LogP contribution in [0.1, 0.15) is 36.4 Å². The number of aliphatic hydroxyl groups excluding tert-OH is 1. The van der Waals surface area contributed by atoms with Crippen LogP contribution < -0.4 is 10.1 Å². The molecule has 0 heterocycles. The van der Waals surface area contributed by atoms with E-state index in [1.807, 2.05) is 61.5 Å². The Kier molecular flexibility index (Phi) is 6.18. The van der Waals surface area contributed by atoms with Crippen molar-refractivity contribution in [2.75, 3.05) is 13.7 Å². The van der Waals surface area contributed by atoms with Gasteiger partial charge in [-0.15, -0.1) is 0 Å². The van der Waals surface area contributed by atoms with Crippen LogP contribution in [0.25, 0.3) is 0 Å². The lowest BCUT2D eigenvalue weighted by molar-refractivity contribution is -0.123. The highest BCUT2D eigenvalue weighted by Crippen LogP contribution is 2.24. The van der Waals surface area contributed by atoms with Gasteiger partial charge in [-0.05, 0) is 29.7 Å². The molecule has 0 aliphatic carbocycles. The van der Waals surface area contributed by atoms with Crippen LogP contribution in [0.3, 0.4) is 0 Å². The summed E-state index contributed by atoms with van der Waals surface area (Å²) < 4.78 is 5.15. The van der Waals surface area contributed by atoms with Crippen LogP contribution in [0.4, 0.5) is 0 Å². The molecule has 2 aromatic rings. The molecule has 0 bridgehead atoms. The molecule has 2 aromatic carbocycles. The van der Waals surface area contributed by atoms with Crippen molar-refractivity contribution < 1.29 is 14.6 Å². The van der Waals surface area contributed by atoms with E-state index in [4.69, 9.17) is 4.74 Å². The first-order chi connectivity index (χ1) is 11.2. The summed E-state index contributed by atoms with van der Waals surface area (Å²) in [6.45, 7) is 1.85. The number of nitrogens with one attached hydrogen (secondary N) is 1. The number of ether oxygens (including phenoxy) is 1. The first-order valence-corrected chi connectivity index (χ1v) is 7.79. The minimum atomic E-state index is -0.393. The van der Waals surface area contributed by atoms with Crippen LogP contribution in [0.5, 0.6) is 5.75 Å². The molecular formula is C19H23NO3. The lowest BCUT2D eigenvalue weighted by atomic mass is 9.94. The molecule has 0 fully saturated rings. The average Bonchev–Trinajstić information content (AvgIpc) is 2.61. The van der Waals surface area contributed by atoms with Crippen LogP contribution in [0.2, 0.25) is 0 Å². The molecule has 0 radical (unpaired) electrons. The zero-order valence-corrected chi connectivity index (χ0v) is 13.5. The van der Waals surface area contributed by atoms with Crippen molar-refractivity contribution in [1.29, 1.82) is 0 Å². The summed E-state index contributed by atoms with van der Waals surface area (Å²) in [6, 6.07) is 16.6. The molecule has 4 heteroatoms. The predicted octanol–water partition coefficient (Wildman–Crippen LogP) is 3.04. The molecule has 2 atom stereocenters. The Balaban J connectivity index is 2.12. The number of amides is 1. The van der Waals surface area contributed by atoms with Gasteiger partial charge in [-0.2, -0.15) is 0 Å². The zero-order chi connectivity index (χ0) is 16.7. The highest BCUT2D eigenvalue weighted by Gasteiger charge is 2.22. The fourth-order valence-electron chi connectivity index (χ4n) is 2.60. The normalized spacial score (nSPS) is 13.2. The summed E-state index contributed by atoms with van der Waals surface area (Å²) in [5.41, 5.74) is 1.84. The van der Waals surface area contributed by atoms with Gasteiger partial charge in [-0.3, -0.25) is 4.79 Å². The van der Waals surface area contributed by atoms with Gasteiger partial charge in [0.15, 0.2) is 0 Å². The van der Waals surface area contributed by atoms with Crippen molar-refractivity contribution in [1.82, 2.24) is 5.32 Å². The Bertz CT molecular complexity index is 610. The van der Waals surface area contributed by atoms with E-state index in [-0.39, 0.29) is 18.4 Å². The van der Waals surface area contributed by atoms with Crippen molar-refractivity contribution in [3.05, 3.63) is 65.7 Å². The SMILES string of the molecule is CCC(C(=O)N[C@H](CO)c1ccccc1)c1ccc(OC)cc1. The first kappa shape index (κ1) is 17.0. The Hall–Kier alpha value is -2.33. The van der Waals surface area contributed by atoms with Crippen molar-refractivity contribution in [3.8, 4) is 5.75 Å². The average molecular weight is 313 g/mol. The number of aliphatic hydroxyl groups is 1. The smallest absolute Gasteiger partial charge is 0.228 e. The second kappa shape index (κ2) is 8.34. The molecule has 2 N–H and O–H groups in total. The maximum atomic E-state index is 12.6. The summed E-state index contributed by atoms with van der Waals surface area (Å²) in [6.07, 6.45) is 0.686. The van der Waals surface area contributed by atoms with E-state index in [9.17, 15) is 9.90 Å². The molecule has 1 amide bonds. The van der Waals surface area contributed by atoms with E-state index < -0.39 is 6.04 Å². The van der Waals surface area contributed by atoms with Crippen molar-refractivity contribution in [3.63, 3.8) is 0 Å². The number of hydrogen-bond donors (Lipinski definition) is 2. The number of benzene rings is 2. The van der Waals surface area contributed by atoms with E-state index in [1.165, 1.54) is 0 Å². The fraction of sp³-hybridized carbons (Fsp3) is 0.316. The second-order valence-electron chi connectivity index (χ2n) is 5.39. The maximum Gasteiger partial charge on any atom is 0.228 e. The van der Waals surface area contributed by atoms with Gasteiger partial charge in [0.25, 0.3) is 0 Å². The van der Waals surface area contributed by atoms with Gasteiger partial charge < -0.3 is 15.2 Å². The molecule has 0 aliphatic rings. The Morgan fingerprint density at radius 1 is 1.09 bits per heavy atom. The molecule has 23 heavy (non-hydrogen) atoms. The largest absolute Gasteiger partial charge is 0.497 e. The molecule has 0 aliphatic heterocycles. The highest BCUT2D eigenvalue weighted by molar-refractivity contribution is 5.84. The van der Waals surface area contributed by atoms with Gasteiger partial charge in [-0.25, -0.2) is 0 Å². The Morgan fingerprint density at radius 2 is 1.74 bits per heavy atom. The maximum absolute atomic E-state index is 12.6. The second-order valence-corrected chi connectivity index (χ2v) is 5.39. The fourth-order valence-corrected chi connectivity index (χ4v) is 2.60. The van der Waals surface area contributed by atoms with Gasteiger partial charge in [0.05, 0.1) is 25.7 Å². The first-order valence-electron chi connectivity index (χ1n) is 7.79. The van der Waals surface area contributed by atoms with Gasteiger partial charge in [-0.1, -0.05) is 49.4 Å². The molecule has 0 aromatic heterocycles. The van der Waals surface area contributed by atoms with E-state index in [2.05, 4.69) is 5.32 Å². The van der Waals surface area contributed by atoms with Crippen LogP contribution in [0.15, 0.2) is 54.6 Å². The van der Waals surface area contributed by atoms with Crippen LogP contribution >= 0.6 is 0 Å². The molecule has 2 rings (SSSR count). The van der Waals surface area contributed by atoms with Crippen LogP contribution in [-0.2, 0) is 4.79 Å². The lowest BCUT2D eigenvalue weighted by Crippen LogP contribution is -2.34. The molecule has 1 unspecified atom stereocenters. The van der Waals surface area contributed by atoms with Crippen molar-refractivity contribution >= 4 is 5.91 Å². The number of carbonyl (C=O) groups is 1. The number of carbonyl (C=O) groups excluding carboxylic acids is 1. The van der Waals surface area contributed by atoms with Crippen molar-refractivity contribution in [2.45, 2.75) is 25.3 Å². The summed E-state index contributed by atoms with van der Waals surface area (Å²) in [5.74, 6) is 0.431. The van der Waals surface area contributed by atoms with Gasteiger partial charge in [0, 0.05) is 0 Å². The summed E-state index contributed by atoms with van der Waals surface area (Å²) in [7, 11) is 1.62. The monoisotopic (exact) mass is 313 g/mol. The van der Waals surface area contributed by atoms with E-state index in [1.54, 1.807) is 7.11 Å². The van der Waals surface area contributed by atoms with E-state index in [0.717, 1.165) is 16.9 Å². The summed E-state index contributed by atoms with van der Waals surface area (Å²) in [4.78, 5) is 12.6. The molecule has 0 saturated carbocycles. The molecular weight excluding hydrogens is 290 g/mol. The zero-order valence-electron chi connectivity index (χ0n) is 13.5. The minimum Gasteiger partial charge on any atom is -0.497 e. The summed E-state index contributed by atoms with van der Waals surface area (Å²) >= 11 is 0.